The van der Waals surface area contributed by atoms with E-state index in [-0.39, 0.29) is 38.5 Å². The second-order valence-electron chi connectivity index (χ2n) is 6.85. The van der Waals surface area contributed by atoms with Crippen molar-refractivity contribution >= 4 is 47.4 Å². The molecule has 0 saturated carbocycles. The van der Waals surface area contributed by atoms with E-state index >= 15 is 0 Å². The third kappa shape index (κ3) is 7.45. The topological polar surface area (TPSA) is 186 Å². The third-order valence-electron chi connectivity index (χ3n) is 4.32. The number of amides is 6. The summed E-state index contributed by atoms with van der Waals surface area (Å²) in [6, 6.07) is 0. The quantitative estimate of drug-likeness (QED) is 0.261. The maximum atomic E-state index is 11.7. The molecule has 0 atom stereocenters. The molecular formula is C18H22N4O10. The molecule has 2 heterocycles. The predicted molar refractivity (Wildman–Crippen MR) is 98.8 cm³/mol. The molecule has 0 aromatic carbocycles. The van der Waals surface area contributed by atoms with Gasteiger partial charge in [-0.2, -0.15) is 0 Å². The van der Waals surface area contributed by atoms with Gasteiger partial charge < -0.3 is 20.3 Å². The molecule has 0 aliphatic carbocycles. The highest BCUT2D eigenvalue weighted by Crippen LogP contribution is 2.12. The number of hydrogen-bond acceptors (Lipinski definition) is 10. The van der Waals surface area contributed by atoms with E-state index in [4.69, 9.17) is 0 Å². The van der Waals surface area contributed by atoms with Crippen LogP contribution in [0.5, 0.6) is 0 Å². The zero-order chi connectivity index (χ0) is 23.7. The summed E-state index contributed by atoms with van der Waals surface area (Å²) in [5.41, 5.74) is 0. The molecule has 14 heteroatoms. The van der Waals surface area contributed by atoms with Crippen LogP contribution in [0.15, 0.2) is 0 Å². The summed E-state index contributed by atoms with van der Waals surface area (Å²) in [6.45, 7) is -1.05. The third-order valence-corrected chi connectivity index (χ3v) is 4.32. The van der Waals surface area contributed by atoms with Crippen molar-refractivity contribution in [3.05, 3.63) is 0 Å². The highest BCUT2D eigenvalue weighted by atomic mass is 16.7. The van der Waals surface area contributed by atoms with Crippen molar-refractivity contribution in [1.29, 1.82) is 0 Å². The molecule has 174 valence electrons. The molecule has 2 fully saturated rings. The van der Waals surface area contributed by atoms with Crippen molar-refractivity contribution in [2.24, 2.45) is 0 Å². The first-order valence-electron chi connectivity index (χ1n) is 9.84. The van der Waals surface area contributed by atoms with E-state index in [2.05, 4.69) is 20.3 Å². The van der Waals surface area contributed by atoms with Gasteiger partial charge in [0.25, 0.3) is 23.6 Å². The lowest BCUT2D eigenvalue weighted by Gasteiger charge is -2.13. The average molecular weight is 454 g/mol. The van der Waals surface area contributed by atoms with E-state index < -0.39 is 60.5 Å². The molecule has 2 aliphatic rings. The Kier molecular flexibility index (Phi) is 8.80. The minimum atomic E-state index is -0.967. The fourth-order valence-corrected chi connectivity index (χ4v) is 2.67. The number of unbranched alkanes of at least 4 members (excludes halogenated alkanes) is 1. The number of nitrogens with one attached hydrogen (secondary N) is 2. The number of carbonyl (C=O) groups is 8. The van der Waals surface area contributed by atoms with Gasteiger partial charge in [0, 0.05) is 38.5 Å². The molecule has 32 heavy (non-hydrogen) atoms. The average Bonchev–Trinajstić information content (AvgIpc) is 3.24. The van der Waals surface area contributed by atoms with E-state index in [1.807, 2.05) is 0 Å². The Morgan fingerprint density at radius 2 is 0.938 bits per heavy atom. The van der Waals surface area contributed by atoms with Crippen molar-refractivity contribution in [3.8, 4) is 0 Å². The van der Waals surface area contributed by atoms with Crippen LogP contribution in [-0.4, -0.2) is 70.6 Å². The van der Waals surface area contributed by atoms with Crippen molar-refractivity contribution in [2.45, 2.75) is 51.4 Å². The molecule has 0 aromatic rings. The Morgan fingerprint density at radius 1 is 0.625 bits per heavy atom. The summed E-state index contributed by atoms with van der Waals surface area (Å²) >= 11 is 0. The summed E-state index contributed by atoms with van der Waals surface area (Å²) < 4.78 is 0. The number of hydroxylamine groups is 4. The second-order valence-corrected chi connectivity index (χ2v) is 6.85. The largest absolute Gasteiger partial charge is 0.352 e. The molecule has 0 aromatic heterocycles. The van der Waals surface area contributed by atoms with E-state index in [0.717, 1.165) is 0 Å². The van der Waals surface area contributed by atoms with Gasteiger partial charge in [-0.15, -0.1) is 10.1 Å². The highest BCUT2D eigenvalue weighted by molar-refractivity contribution is 6.02. The molecule has 2 N–H and O–H groups in total. The minimum Gasteiger partial charge on any atom is -0.345 e. The molecule has 14 nitrogen and oxygen atoms in total. The van der Waals surface area contributed by atoms with Crippen LogP contribution in [0, 0.1) is 0 Å². The SMILES string of the molecule is O=C(CCCCC(=O)NCC(=O)ON1C(=O)CCC1=O)NCC(=O)ON1C(=O)CCC1=O. The van der Waals surface area contributed by atoms with Crippen molar-refractivity contribution in [1.82, 2.24) is 20.8 Å². The van der Waals surface area contributed by atoms with E-state index in [0.29, 0.717) is 23.0 Å². The molecule has 0 unspecified atom stereocenters. The van der Waals surface area contributed by atoms with E-state index in [1.54, 1.807) is 0 Å². The Balaban J connectivity index is 1.52. The summed E-state index contributed by atoms with van der Waals surface area (Å²) in [4.78, 5) is 101. The van der Waals surface area contributed by atoms with Gasteiger partial charge in [0.15, 0.2) is 0 Å². The molecule has 2 aliphatic heterocycles. The van der Waals surface area contributed by atoms with Gasteiger partial charge in [-0.1, -0.05) is 0 Å². The van der Waals surface area contributed by atoms with Crippen molar-refractivity contribution < 1.29 is 48.0 Å². The summed E-state index contributed by atoms with van der Waals surface area (Å²) in [6.07, 6.45) is 0.468. The lowest BCUT2D eigenvalue weighted by molar-refractivity contribution is -0.196. The van der Waals surface area contributed by atoms with Crippen LogP contribution in [0.2, 0.25) is 0 Å². The van der Waals surface area contributed by atoms with E-state index in [9.17, 15) is 38.4 Å². The van der Waals surface area contributed by atoms with Crippen LogP contribution < -0.4 is 10.6 Å². The zero-order valence-corrected chi connectivity index (χ0v) is 17.0. The second kappa shape index (κ2) is 11.5. The van der Waals surface area contributed by atoms with Crippen LogP contribution in [0.3, 0.4) is 0 Å². The van der Waals surface area contributed by atoms with E-state index in [1.165, 1.54) is 0 Å². The van der Waals surface area contributed by atoms with Gasteiger partial charge in [0.2, 0.25) is 11.8 Å². The van der Waals surface area contributed by atoms with Crippen LogP contribution in [0.1, 0.15) is 51.4 Å². The number of carbonyl (C=O) groups excluding carboxylic acids is 8. The normalized spacial score (nSPS) is 15.8. The van der Waals surface area contributed by atoms with Crippen molar-refractivity contribution in [2.75, 3.05) is 13.1 Å². The van der Waals surface area contributed by atoms with Crippen LogP contribution in [-0.2, 0) is 48.0 Å². The van der Waals surface area contributed by atoms with Gasteiger partial charge in [0.05, 0.1) is 0 Å². The lowest BCUT2D eigenvalue weighted by Crippen LogP contribution is -2.37. The van der Waals surface area contributed by atoms with Gasteiger partial charge in [-0.25, -0.2) is 9.59 Å². The Bertz CT molecular complexity index is 740. The Hall–Kier alpha value is -3.84. The van der Waals surface area contributed by atoms with Gasteiger partial charge in [-0.05, 0) is 12.8 Å². The number of nitrogens with zero attached hydrogens (tertiary/aromatic N) is 2. The summed E-state index contributed by atoms with van der Waals surface area (Å²) in [5.74, 6) is -5.43. The van der Waals surface area contributed by atoms with Crippen LogP contribution in [0.4, 0.5) is 0 Å². The molecule has 0 spiro atoms. The smallest absolute Gasteiger partial charge is 0.345 e. The zero-order valence-electron chi connectivity index (χ0n) is 17.0. The molecule has 2 saturated heterocycles. The predicted octanol–water partition coefficient (Wildman–Crippen LogP) is -2.01. The van der Waals surface area contributed by atoms with Crippen LogP contribution >= 0.6 is 0 Å². The first-order chi connectivity index (χ1) is 15.2. The molecular weight excluding hydrogens is 432 g/mol. The number of hydrogen-bond donors (Lipinski definition) is 2. The highest BCUT2D eigenvalue weighted by Gasteiger charge is 2.33. The lowest BCUT2D eigenvalue weighted by atomic mass is 10.2. The fourth-order valence-electron chi connectivity index (χ4n) is 2.67. The molecule has 0 radical (unpaired) electrons. The summed E-state index contributed by atoms with van der Waals surface area (Å²) in [5, 5.41) is 5.30. The molecule has 6 amide bonds. The Morgan fingerprint density at radius 3 is 1.25 bits per heavy atom. The minimum absolute atomic E-state index is 0.00333. The van der Waals surface area contributed by atoms with Gasteiger partial charge in [-0.3, -0.25) is 28.8 Å². The van der Waals surface area contributed by atoms with Gasteiger partial charge >= 0.3 is 11.9 Å². The first-order valence-corrected chi connectivity index (χ1v) is 9.84. The number of imide groups is 2. The van der Waals surface area contributed by atoms with Gasteiger partial charge in [0.1, 0.15) is 13.1 Å². The molecule has 0 bridgehead atoms. The summed E-state index contributed by atoms with van der Waals surface area (Å²) in [7, 11) is 0. The Labute approximate surface area is 181 Å². The number of rotatable bonds is 11. The fraction of sp³-hybridized carbons (Fsp3) is 0.556. The first kappa shape index (κ1) is 24.4. The molecule has 2 rings (SSSR count). The maximum absolute atomic E-state index is 11.7. The van der Waals surface area contributed by atoms with Crippen molar-refractivity contribution in [3.63, 3.8) is 0 Å². The standard InChI is InChI=1S/C18H22N4O10/c23-11(19-9-17(29)31-21-13(25)5-6-14(21)26)3-1-2-4-12(24)20-10-18(30)32-22-15(27)7-8-16(22)28/h1-10H2,(H,19,23)(H,20,24). The van der Waals surface area contributed by atoms with Crippen LogP contribution in [0.25, 0.3) is 0 Å². The maximum Gasteiger partial charge on any atom is 0.352 e. The monoisotopic (exact) mass is 454 g/mol.